The Bertz CT molecular complexity index is 992. The van der Waals surface area contributed by atoms with Gasteiger partial charge in [-0.2, -0.15) is 5.10 Å². The molecule has 3 aromatic rings. The second kappa shape index (κ2) is 4.13. The van der Waals surface area contributed by atoms with E-state index in [0.29, 0.717) is 38.7 Å². The lowest BCUT2D eigenvalue weighted by Crippen LogP contribution is -2.22. The molecule has 2 N–H and O–H groups in total. The minimum atomic E-state index is -0.181. The Labute approximate surface area is 123 Å². The maximum Gasteiger partial charge on any atom is 0.266 e. The number of benzene rings is 1. The van der Waals surface area contributed by atoms with Crippen LogP contribution in [0.2, 0.25) is 5.02 Å². The highest BCUT2D eigenvalue weighted by Crippen LogP contribution is 2.28. The molecule has 0 radical (unpaired) electrons. The highest BCUT2D eigenvalue weighted by molar-refractivity contribution is 6.31. The van der Waals surface area contributed by atoms with Crippen molar-refractivity contribution in [1.29, 1.82) is 0 Å². The van der Waals surface area contributed by atoms with E-state index in [0.717, 1.165) is 0 Å². The molecule has 0 atom stereocenters. The second-order valence-corrected chi connectivity index (χ2v) is 5.04. The third-order valence-corrected chi connectivity index (χ3v) is 3.70. The lowest BCUT2D eigenvalue weighted by Gasteiger charge is -2.05. The molecule has 0 spiro atoms. The number of fused-ring (bicyclic) bond motifs is 4. The van der Waals surface area contributed by atoms with Crippen molar-refractivity contribution in [2.75, 3.05) is 0 Å². The Balaban J connectivity index is 2.21. The summed E-state index contributed by atoms with van der Waals surface area (Å²) in [6.07, 6.45) is 3.11. The molecule has 3 heterocycles. The van der Waals surface area contributed by atoms with Crippen LogP contribution < -0.4 is 11.4 Å². The Morgan fingerprint density at radius 1 is 1.29 bits per heavy atom. The van der Waals surface area contributed by atoms with E-state index in [1.54, 1.807) is 36.7 Å². The molecule has 0 saturated carbocycles. The number of halogens is 1. The molecule has 21 heavy (non-hydrogen) atoms. The van der Waals surface area contributed by atoms with Crippen molar-refractivity contribution < 1.29 is 0 Å². The molecule has 4 rings (SSSR count). The first kappa shape index (κ1) is 12.0. The van der Waals surface area contributed by atoms with Gasteiger partial charge < -0.3 is 5.84 Å². The highest BCUT2D eigenvalue weighted by atomic mass is 35.5. The second-order valence-electron chi connectivity index (χ2n) is 4.61. The van der Waals surface area contributed by atoms with Crippen molar-refractivity contribution in [3.05, 3.63) is 63.4 Å². The Morgan fingerprint density at radius 3 is 2.95 bits per heavy atom. The van der Waals surface area contributed by atoms with Crippen LogP contribution in [-0.4, -0.2) is 20.2 Å². The summed E-state index contributed by atoms with van der Waals surface area (Å²) >= 11 is 6.02. The normalized spacial score (nSPS) is 14.4. The fourth-order valence-corrected chi connectivity index (χ4v) is 2.73. The van der Waals surface area contributed by atoms with Crippen LogP contribution in [0.25, 0.3) is 16.6 Å². The standard InChI is InChI=1S/C14H8ClN5O/c15-7-1-2-11-9(5-7)12(19-16)13-18-10-6-17-4-3-8(10)14(21)20(11)13/h1-6H,16H2/b19-12+. The fraction of sp³-hybridized carbons (Fsp3) is 0. The summed E-state index contributed by atoms with van der Waals surface area (Å²) in [6.45, 7) is 0. The van der Waals surface area contributed by atoms with Crippen LogP contribution in [0.15, 0.2) is 46.6 Å². The van der Waals surface area contributed by atoms with E-state index in [-0.39, 0.29) is 5.56 Å². The van der Waals surface area contributed by atoms with Gasteiger partial charge in [0.2, 0.25) is 0 Å². The number of hydrogen-bond acceptors (Lipinski definition) is 5. The van der Waals surface area contributed by atoms with Gasteiger partial charge in [-0.15, -0.1) is 0 Å². The fourth-order valence-electron chi connectivity index (χ4n) is 2.56. The summed E-state index contributed by atoms with van der Waals surface area (Å²) in [4.78, 5) is 21.1. The van der Waals surface area contributed by atoms with Crippen LogP contribution in [0.4, 0.5) is 0 Å². The minimum absolute atomic E-state index is 0.181. The predicted octanol–water partition coefficient (Wildman–Crippen LogP) is 1.46. The molecule has 0 amide bonds. The maximum atomic E-state index is 12.7. The molecule has 0 unspecified atom stereocenters. The van der Waals surface area contributed by atoms with Crippen LogP contribution >= 0.6 is 11.6 Å². The summed E-state index contributed by atoms with van der Waals surface area (Å²) in [5.74, 6) is 5.88. The number of nitrogens with two attached hydrogens (primary N) is 1. The number of aromatic nitrogens is 3. The zero-order valence-corrected chi connectivity index (χ0v) is 11.4. The van der Waals surface area contributed by atoms with Crippen molar-refractivity contribution in [3.63, 3.8) is 0 Å². The molecule has 0 bridgehead atoms. The number of rotatable bonds is 0. The molecule has 2 aromatic heterocycles. The van der Waals surface area contributed by atoms with Gasteiger partial charge in [0.25, 0.3) is 5.56 Å². The van der Waals surface area contributed by atoms with Gasteiger partial charge in [-0.05, 0) is 24.3 Å². The molecular weight excluding hydrogens is 290 g/mol. The van der Waals surface area contributed by atoms with Gasteiger partial charge in [0.15, 0.2) is 5.82 Å². The molecule has 102 valence electrons. The Morgan fingerprint density at radius 2 is 2.14 bits per heavy atom. The summed E-state index contributed by atoms with van der Waals surface area (Å²) < 4.78 is 1.50. The molecule has 1 aromatic carbocycles. The average molecular weight is 298 g/mol. The molecular formula is C14H8ClN5O. The average Bonchev–Trinajstić information content (AvgIpc) is 2.80. The van der Waals surface area contributed by atoms with Gasteiger partial charge in [0.1, 0.15) is 5.71 Å². The van der Waals surface area contributed by atoms with Crippen LogP contribution in [-0.2, 0) is 0 Å². The SMILES string of the molecule is N/N=C1\c2cc(Cl)ccc2-n2c1nc1cnccc1c2=O. The summed E-state index contributed by atoms with van der Waals surface area (Å²) in [5.41, 5.74) is 2.14. The smallest absolute Gasteiger partial charge is 0.266 e. The number of pyridine rings is 1. The summed E-state index contributed by atoms with van der Waals surface area (Å²) in [6, 6.07) is 6.84. The summed E-state index contributed by atoms with van der Waals surface area (Å²) in [7, 11) is 0. The van der Waals surface area contributed by atoms with Crippen LogP contribution in [0.3, 0.4) is 0 Å². The van der Waals surface area contributed by atoms with Gasteiger partial charge in [-0.3, -0.25) is 14.3 Å². The monoisotopic (exact) mass is 297 g/mol. The molecule has 6 nitrogen and oxygen atoms in total. The quantitative estimate of drug-likeness (QED) is 0.393. The number of hydrazone groups is 1. The van der Waals surface area contributed by atoms with Gasteiger partial charge >= 0.3 is 0 Å². The van der Waals surface area contributed by atoms with Crippen LogP contribution in [0.5, 0.6) is 0 Å². The first-order valence-corrected chi connectivity index (χ1v) is 6.54. The van der Waals surface area contributed by atoms with Crippen LogP contribution in [0, 0.1) is 0 Å². The van der Waals surface area contributed by atoms with Crippen molar-refractivity contribution in [1.82, 2.24) is 14.5 Å². The third-order valence-electron chi connectivity index (χ3n) is 3.47. The Kier molecular flexibility index (Phi) is 2.37. The van der Waals surface area contributed by atoms with Gasteiger partial charge in [-0.25, -0.2) is 4.98 Å². The Hall–Kier alpha value is -2.73. The molecule has 0 fully saturated rings. The van der Waals surface area contributed by atoms with Gasteiger partial charge in [0, 0.05) is 16.8 Å². The van der Waals surface area contributed by atoms with Crippen LogP contribution in [0.1, 0.15) is 11.4 Å². The minimum Gasteiger partial charge on any atom is -0.323 e. The van der Waals surface area contributed by atoms with E-state index >= 15 is 0 Å². The zero-order chi connectivity index (χ0) is 14.6. The topological polar surface area (TPSA) is 86.2 Å². The highest BCUT2D eigenvalue weighted by Gasteiger charge is 2.28. The molecule has 7 heteroatoms. The third kappa shape index (κ3) is 1.53. The number of hydrogen-bond donors (Lipinski definition) is 1. The largest absolute Gasteiger partial charge is 0.323 e. The maximum absolute atomic E-state index is 12.7. The predicted molar refractivity (Wildman–Crippen MR) is 80.0 cm³/mol. The first-order chi connectivity index (χ1) is 10.2. The van der Waals surface area contributed by atoms with E-state index in [1.807, 2.05) is 0 Å². The van der Waals surface area contributed by atoms with Gasteiger partial charge in [0.05, 0.1) is 22.8 Å². The van der Waals surface area contributed by atoms with E-state index in [1.165, 1.54) is 4.57 Å². The molecule has 0 aliphatic carbocycles. The molecule has 0 saturated heterocycles. The van der Waals surface area contributed by atoms with E-state index in [9.17, 15) is 4.79 Å². The zero-order valence-electron chi connectivity index (χ0n) is 10.6. The van der Waals surface area contributed by atoms with E-state index < -0.39 is 0 Å². The number of nitrogens with zero attached hydrogens (tertiary/aromatic N) is 4. The lowest BCUT2D eigenvalue weighted by molar-refractivity contribution is 0.963. The van der Waals surface area contributed by atoms with E-state index in [4.69, 9.17) is 17.4 Å². The molecule has 1 aliphatic heterocycles. The van der Waals surface area contributed by atoms with Crippen molar-refractivity contribution in [3.8, 4) is 5.69 Å². The summed E-state index contributed by atoms with van der Waals surface area (Å²) in [5, 5.41) is 4.81. The lowest BCUT2D eigenvalue weighted by atomic mass is 10.1. The van der Waals surface area contributed by atoms with Crippen molar-refractivity contribution >= 4 is 28.2 Å². The van der Waals surface area contributed by atoms with Gasteiger partial charge in [-0.1, -0.05) is 11.6 Å². The van der Waals surface area contributed by atoms with E-state index in [2.05, 4.69) is 15.1 Å². The first-order valence-electron chi connectivity index (χ1n) is 6.16. The molecule has 1 aliphatic rings. The van der Waals surface area contributed by atoms with Crippen molar-refractivity contribution in [2.45, 2.75) is 0 Å². The van der Waals surface area contributed by atoms with Crippen molar-refractivity contribution in [2.24, 2.45) is 10.9 Å².